The van der Waals surface area contributed by atoms with E-state index in [0.717, 1.165) is 0 Å². The van der Waals surface area contributed by atoms with E-state index < -0.39 is 217 Å². The quantitative estimate of drug-likeness (QED) is 0.146. The van der Waals surface area contributed by atoms with Gasteiger partial charge in [-0.2, -0.15) is 0 Å². The third-order valence-electron chi connectivity index (χ3n) is 15.6. The summed E-state index contributed by atoms with van der Waals surface area (Å²) < 4.78 is 361. The molecule has 15 unspecified atom stereocenters. The normalized spacial score (nSPS) is 53.9. The molecule has 0 heterocycles. The summed E-state index contributed by atoms with van der Waals surface area (Å²) in [6.07, 6.45) is -8.20. The first-order valence-corrected chi connectivity index (χ1v) is 21.2. The van der Waals surface area contributed by atoms with Crippen molar-refractivity contribution in [2.24, 2.45) is 29.6 Å². The van der Waals surface area contributed by atoms with Crippen molar-refractivity contribution in [1.82, 2.24) is 0 Å². The van der Waals surface area contributed by atoms with Gasteiger partial charge in [0, 0.05) is 0 Å². The van der Waals surface area contributed by atoms with Crippen LogP contribution < -0.4 is 0 Å². The van der Waals surface area contributed by atoms with Gasteiger partial charge in [0.15, 0.2) is 0 Å². The summed E-state index contributed by atoms with van der Waals surface area (Å²) in [5.74, 6) is -44.7. The molecular weight excluding hydrogens is 891 g/mol. The summed E-state index contributed by atoms with van der Waals surface area (Å²) in [6.45, 7) is -15.3. The van der Waals surface area contributed by atoms with Gasteiger partial charge in [0.1, 0.15) is 0 Å². The van der Waals surface area contributed by atoms with Crippen molar-refractivity contribution in [3.05, 3.63) is 60.8 Å². The molecule has 15 atom stereocenters. The zero-order valence-electron chi connectivity index (χ0n) is 34.2. The fourth-order valence-electron chi connectivity index (χ4n) is 11.3. The molecule has 5 aliphatic rings. The molecule has 0 bridgehead atoms. The summed E-state index contributed by atoms with van der Waals surface area (Å²) in [7, 11) is 0. The Labute approximate surface area is 338 Å². The second-order valence-electron chi connectivity index (χ2n) is 18.4. The van der Waals surface area contributed by atoms with Gasteiger partial charge in [0.25, 0.3) is 0 Å². The van der Waals surface area contributed by atoms with E-state index in [9.17, 15) is 0 Å². The van der Waals surface area contributed by atoms with Gasteiger partial charge in [0.05, 0.1) is 0 Å². The molecule has 0 aromatic heterocycles. The molecule has 0 amide bonds. The standard InChI is InChI=1S/C40H45F20P/c1-21-11-16-31(46,26(6,41)36(21,51)52)61(32(47)17-12-22(2)37(53,54)27(32,7)42,33(48)18-13-23(3)38(55,56)28(33,8)43,34(49)19-14-24(4)39(57,58)29(34,9)44)35(50)20-15-25(5)40(59,60)30(35,10)45/h11-25H,1-10H3. The number of allylic oxidation sites excluding steroid dienone is 10. The van der Waals surface area contributed by atoms with Gasteiger partial charge in [-0.1, -0.05) is 0 Å². The first-order chi connectivity index (χ1) is 26.8. The van der Waals surface area contributed by atoms with Crippen molar-refractivity contribution in [3.8, 4) is 0 Å². The van der Waals surface area contributed by atoms with E-state index in [1.165, 1.54) is 0 Å². The Bertz CT molecular complexity index is 1660. The maximum absolute atomic E-state index is 20.3. The van der Waals surface area contributed by atoms with Crippen molar-refractivity contribution in [3.63, 3.8) is 0 Å². The predicted molar refractivity (Wildman–Crippen MR) is 190 cm³/mol. The molecule has 0 saturated heterocycles. The molecule has 5 rings (SSSR count). The van der Waals surface area contributed by atoms with Crippen LogP contribution in [0.4, 0.5) is 87.8 Å². The summed E-state index contributed by atoms with van der Waals surface area (Å²) in [5.41, 5.74) is -31.3. The number of halogens is 20. The van der Waals surface area contributed by atoms with Gasteiger partial charge >= 0.3 is 339 Å². The number of alkyl halides is 20. The Morgan fingerprint density at radius 3 is 0.492 bits per heavy atom. The van der Waals surface area contributed by atoms with Crippen molar-refractivity contribution < 1.29 is 87.8 Å². The van der Waals surface area contributed by atoms with E-state index >= 15 is 87.8 Å². The third-order valence-corrected chi connectivity index (χ3v) is 24.9. The second-order valence-corrected chi connectivity index (χ2v) is 23.8. The molecule has 21 heteroatoms. The first-order valence-electron chi connectivity index (χ1n) is 19.0. The molecule has 0 aromatic carbocycles. The van der Waals surface area contributed by atoms with Crippen molar-refractivity contribution >= 4 is 6.60 Å². The molecule has 0 saturated carbocycles. The van der Waals surface area contributed by atoms with E-state index in [0.29, 0.717) is 0 Å². The zero-order chi connectivity index (χ0) is 47.9. The topological polar surface area (TPSA) is 0 Å². The van der Waals surface area contributed by atoms with Gasteiger partial charge in [0.2, 0.25) is 0 Å². The fourth-order valence-corrected chi connectivity index (χ4v) is 22.9. The average Bonchev–Trinajstić information content (AvgIpc) is 3.12. The Kier molecular flexibility index (Phi) is 10.1. The number of rotatable bonds is 5. The van der Waals surface area contributed by atoms with Gasteiger partial charge in [-0.25, -0.2) is 0 Å². The minimum atomic E-state index is -11.9. The molecule has 350 valence electrons. The Balaban J connectivity index is 2.58. The van der Waals surface area contributed by atoms with E-state index in [2.05, 4.69) is 0 Å². The zero-order valence-corrected chi connectivity index (χ0v) is 35.1. The van der Waals surface area contributed by atoms with E-state index in [1.807, 2.05) is 0 Å². The second kappa shape index (κ2) is 12.3. The van der Waals surface area contributed by atoms with E-state index in [-0.39, 0.29) is 34.6 Å². The number of hydrogen-bond acceptors (Lipinski definition) is 0. The predicted octanol–water partition coefficient (Wildman–Crippen LogP) is 14.7. The van der Waals surface area contributed by atoms with E-state index in [1.54, 1.807) is 0 Å². The third kappa shape index (κ3) is 4.16. The van der Waals surface area contributed by atoms with E-state index in [4.69, 9.17) is 0 Å². The van der Waals surface area contributed by atoms with Gasteiger partial charge < -0.3 is 0 Å². The first kappa shape index (κ1) is 49.7. The molecule has 0 aromatic rings. The molecule has 0 fully saturated rings. The van der Waals surface area contributed by atoms with Crippen molar-refractivity contribution in [2.75, 3.05) is 0 Å². The minimum absolute atomic E-state index is 0.228. The summed E-state index contributed by atoms with van der Waals surface area (Å²) >= 11 is 0. The molecule has 0 nitrogen and oxygen atoms in total. The van der Waals surface area contributed by atoms with Crippen LogP contribution >= 0.6 is 6.60 Å². The molecule has 5 aliphatic carbocycles. The van der Waals surface area contributed by atoms with Crippen LogP contribution in [0.2, 0.25) is 0 Å². The monoisotopic (exact) mass is 936 g/mol. The van der Waals surface area contributed by atoms with Crippen LogP contribution in [0, 0.1) is 29.6 Å². The average molecular weight is 937 g/mol. The maximum atomic E-state index is 20.3. The SMILES string of the molecule is CC1C=CC(F)(P(C2(F)C=CC(C)C(F)(F)C2(C)F)(C2(F)C=CC(C)C(F)(F)C2(C)F)(C2(F)C=CC(C)C(F)(F)C2(C)F)C2(F)C=CC(C)C(F)(F)C2(C)F)C(C)(F)C1(F)F. The number of hydrogen-bond donors (Lipinski definition) is 0. The van der Waals surface area contributed by atoms with Crippen LogP contribution in [-0.2, 0) is 0 Å². The summed E-state index contributed by atoms with van der Waals surface area (Å²) in [4.78, 5) is 0. The Hall–Kier alpha value is -2.27. The van der Waals surface area contributed by atoms with Crippen LogP contribution in [0.15, 0.2) is 60.8 Å². The van der Waals surface area contributed by atoms with Crippen LogP contribution in [0.1, 0.15) is 69.2 Å². The fraction of sp³-hybridized carbons (Fsp3) is 0.750. The van der Waals surface area contributed by atoms with Crippen LogP contribution in [-0.4, -0.2) is 85.0 Å². The molecule has 0 aliphatic heterocycles. The van der Waals surface area contributed by atoms with Crippen LogP contribution in [0.25, 0.3) is 0 Å². The van der Waals surface area contributed by atoms with Crippen molar-refractivity contribution in [1.29, 1.82) is 0 Å². The molecule has 0 radical (unpaired) electrons. The molecule has 61 heavy (non-hydrogen) atoms. The summed E-state index contributed by atoms with van der Waals surface area (Å²) in [5, 5.41) is -35.2. The molecule has 0 spiro atoms. The summed E-state index contributed by atoms with van der Waals surface area (Å²) in [6, 6.07) is 0. The van der Waals surface area contributed by atoms with Crippen LogP contribution in [0.3, 0.4) is 0 Å². The van der Waals surface area contributed by atoms with Gasteiger partial charge in [-0.05, 0) is 0 Å². The molecule has 0 N–H and O–H groups in total. The molecular formula is C40H45F20P. The van der Waals surface area contributed by atoms with Gasteiger partial charge in [-0.15, -0.1) is 0 Å². The van der Waals surface area contributed by atoms with Crippen molar-refractivity contribution in [2.45, 2.75) is 154 Å². The Morgan fingerprint density at radius 2 is 0.377 bits per heavy atom. The van der Waals surface area contributed by atoms with Gasteiger partial charge in [-0.3, -0.25) is 0 Å². The van der Waals surface area contributed by atoms with Crippen LogP contribution in [0.5, 0.6) is 0 Å². The Morgan fingerprint density at radius 1 is 0.262 bits per heavy atom.